The van der Waals surface area contributed by atoms with Crippen LogP contribution in [-0.2, 0) is 11.3 Å². The van der Waals surface area contributed by atoms with Crippen molar-refractivity contribution in [1.82, 2.24) is 14.8 Å². The molecule has 3 aromatic rings. The van der Waals surface area contributed by atoms with E-state index < -0.39 is 0 Å². The van der Waals surface area contributed by atoms with Crippen LogP contribution in [0.1, 0.15) is 34.4 Å². The van der Waals surface area contributed by atoms with Crippen molar-refractivity contribution in [2.24, 2.45) is 0 Å². The summed E-state index contributed by atoms with van der Waals surface area (Å²) >= 11 is 1.67. The molecule has 0 unspecified atom stereocenters. The van der Waals surface area contributed by atoms with Crippen LogP contribution < -0.4 is 5.32 Å². The second-order valence-electron chi connectivity index (χ2n) is 5.28. The smallest absolute Gasteiger partial charge is 0.226 e. The summed E-state index contributed by atoms with van der Waals surface area (Å²) in [5, 5.41) is 9.41. The average Bonchev–Trinajstić information content (AvgIpc) is 3.21. The lowest BCUT2D eigenvalue weighted by Gasteiger charge is -2.21. The number of amides is 1. The Bertz CT molecular complexity index is 819. The maximum atomic E-state index is 12.1. The first kappa shape index (κ1) is 13.3. The highest BCUT2D eigenvalue weighted by Crippen LogP contribution is 2.36. The predicted molar refractivity (Wildman–Crippen MR) is 82.0 cm³/mol. The molecule has 6 nitrogen and oxygen atoms in total. The number of carbonyl (C=O) groups is 1. The molecule has 0 aliphatic carbocycles. The number of fused-ring (bicyclic) bond motifs is 1. The molecule has 0 bridgehead atoms. The van der Waals surface area contributed by atoms with Crippen molar-refractivity contribution in [1.29, 1.82) is 0 Å². The van der Waals surface area contributed by atoms with Gasteiger partial charge in [-0.15, -0.1) is 11.3 Å². The Labute approximate surface area is 130 Å². The first-order chi connectivity index (χ1) is 10.7. The molecule has 112 valence electrons. The third-order valence-electron chi connectivity index (χ3n) is 3.77. The molecule has 1 N–H and O–H groups in total. The number of anilines is 1. The minimum Gasteiger partial charge on any atom is -0.449 e. The number of rotatable bonds is 3. The van der Waals surface area contributed by atoms with Crippen molar-refractivity contribution in [3.8, 4) is 0 Å². The van der Waals surface area contributed by atoms with Crippen LogP contribution in [-0.4, -0.2) is 20.7 Å². The number of thiophene rings is 1. The van der Waals surface area contributed by atoms with E-state index in [4.69, 9.17) is 4.42 Å². The summed E-state index contributed by atoms with van der Waals surface area (Å²) in [5.41, 5.74) is 1.77. The molecule has 1 aliphatic rings. The van der Waals surface area contributed by atoms with Crippen LogP contribution in [0.25, 0.3) is 0 Å². The molecular formula is C15H14N4O2S. The van der Waals surface area contributed by atoms with Crippen LogP contribution in [0.3, 0.4) is 0 Å². The second-order valence-corrected chi connectivity index (χ2v) is 6.31. The molecule has 0 saturated heterocycles. The first-order valence-electron chi connectivity index (χ1n) is 7.00. The number of aromatic nitrogens is 3. The van der Waals surface area contributed by atoms with E-state index >= 15 is 0 Å². The molecule has 0 radical (unpaired) electrons. The fourth-order valence-electron chi connectivity index (χ4n) is 2.74. The van der Waals surface area contributed by atoms with Gasteiger partial charge in [-0.3, -0.25) is 4.79 Å². The van der Waals surface area contributed by atoms with Crippen molar-refractivity contribution in [2.45, 2.75) is 25.8 Å². The van der Waals surface area contributed by atoms with Gasteiger partial charge >= 0.3 is 0 Å². The van der Waals surface area contributed by atoms with E-state index in [1.54, 1.807) is 24.5 Å². The summed E-state index contributed by atoms with van der Waals surface area (Å²) in [6, 6.07) is 4.07. The number of hydrogen-bond donors (Lipinski definition) is 1. The van der Waals surface area contributed by atoms with E-state index in [2.05, 4.69) is 21.5 Å². The molecule has 0 spiro atoms. The maximum absolute atomic E-state index is 12.1. The topological polar surface area (TPSA) is 73.0 Å². The van der Waals surface area contributed by atoms with Crippen LogP contribution >= 0.6 is 11.3 Å². The van der Waals surface area contributed by atoms with Crippen molar-refractivity contribution in [3.63, 3.8) is 0 Å². The quantitative estimate of drug-likeness (QED) is 0.807. The van der Waals surface area contributed by atoms with Gasteiger partial charge in [0.15, 0.2) is 5.89 Å². The summed E-state index contributed by atoms with van der Waals surface area (Å²) in [5.74, 6) is 1.24. The van der Waals surface area contributed by atoms with Crippen LogP contribution in [0.2, 0.25) is 0 Å². The molecule has 0 saturated carbocycles. The number of nitrogens with one attached hydrogen (secondary N) is 1. The highest BCUT2D eigenvalue weighted by molar-refractivity contribution is 7.09. The van der Waals surface area contributed by atoms with E-state index in [-0.39, 0.29) is 11.8 Å². The zero-order valence-electron chi connectivity index (χ0n) is 11.9. The van der Waals surface area contributed by atoms with Crippen molar-refractivity contribution < 1.29 is 9.21 Å². The molecule has 0 aromatic carbocycles. The second kappa shape index (κ2) is 5.10. The first-order valence-corrected chi connectivity index (χ1v) is 7.88. The predicted octanol–water partition coefficient (Wildman–Crippen LogP) is 2.76. The van der Waals surface area contributed by atoms with Crippen LogP contribution in [0.15, 0.2) is 34.4 Å². The third kappa shape index (κ3) is 2.23. The van der Waals surface area contributed by atoms with Gasteiger partial charge in [0.2, 0.25) is 5.91 Å². The van der Waals surface area contributed by atoms with E-state index in [0.717, 1.165) is 17.1 Å². The van der Waals surface area contributed by atoms with Gasteiger partial charge in [-0.1, -0.05) is 6.07 Å². The zero-order valence-corrected chi connectivity index (χ0v) is 12.8. The highest BCUT2D eigenvalue weighted by Gasteiger charge is 2.31. The van der Waals surface area contributed by atoms with Gasteiger partial charge in [-0.25, -0.2) is 9.67 Å². The van der Waals surface area contributed by atoms with Crippen molar-refractivity contribution in [2.75, 3.05) is 5.32 Å². The Kier molecular flexibility index (Phi) is 3.07. The Balaban J connectivity index is 1.72. The molecule has 7 heteroatoms. The molecule has 22 heavy (non-hydrogen) atoms. The number of aryl methyl sites for hydroxylation is 1. The van der Waals surface area contributed by atoms with Crippen molar-refractivity contribution >= 4 is 23.1 Å². The molecule has 1 aliphatic heterocycles. The standard InChI is InChI=1S/C15H14N4O2S/c1-9-17-13(8-21-9)11-5-14(20)18-15-12(11)6-16-19(15)7-10-3-2-4-22-10/h2-4,6,8,11H,5,7H2,1H3,(H,18,20)/t11-/m0/s1. The zero-order chi connectivity index (χ0) is 15.1. The third-order valence-corrected chi connectivity index (χ3v) is 4.63. The summed E-state index contributed by atoms with van der Waals surface area (Å²) in [6.07, 6.45) is 3.81. The fraction of sp³-hybridized carbons (Fsp3) is 0.267. The number of hydrogen-bond acceptors (Lipinski definition) is 5. The molecule has 1 atom stereocenters. The molecular weight excluding hydrogens is 300 g/mol. The summed E-state index contributed by atoms with van der Waals surface area (Å²) in [7, 11) is 0. The van der Waals surface area contributed by atoms with Gasteiger partial charge in [0.25, 0.3) is 0 Å². The summed E-state index contributed by atoms with van der Waals surface area (Å²) in [4.78, 5) is 17.6. The number of oxazole rings is 1. The normalized spacial score (nSPS) is 17.3. The Hall–Kier alpha value is -2.41. The van der Waals surface area contributed by atoms with E-state index in [1.165, 1.54) is 4.88 Å². The largest absolute Gasteiger partial charge is 0.449 e. The van der Waals surface area contributed by atoms with Gasteiger partial charge in [0.1, 0.15) is 12.1 Å². The van der Waals surface area contributed by atoms with E-state index in [1.807, 2.05) is 22.3 Å². The lowest BCUT2D eigenvalue weighted by molar-refractivity contribution is -0.116. The van der Waals surface area contributed by atoms with Crippen LogP contribution in [0.5, 0.6) is 0 Å². The van der Waals surface area contributed by atoms with E-state index in [9.17, 15) is 4.79 Å². The summed E-state index contributed by atoms with van der Waals surface area (Å²) < 4.78 is 7.12. The van der Waals surface area contributed by atoms with Gasteiger partial charge in [0, 0.05) is 29.7 Å². The SMILES string of the molecule is Cc1nc([C@H]2CC(=O)Nc3c2cnn3Cc2cccs2)co1. The minimum atomic E-state index is -0.0988. The van der Waals surface area contributed by atoms with E-state index in [0.29, 0.717) is 18.9 Å². The minimum absolute atomic E-state index is 0.0221. The lowest BCUT2D eigenvalue weighted by atomic mass is 9.92. The van der Waals surface area contributed by atoms with Crippen molar-refractivity contribution in [3.05, 3.63) is 52.0 Å². The molecule has 1 amide bonds. The maximum Gasteiger partial charge on any atom is 0.226 e. The molecule has 3 aromatic heterocycles. The Morgan fingerprint density at radius 2 is 2.45 bits per heavy atom. The fourth-order valence-corrected chi connectivity index (χ4v) is 3.43. The van der Waals surface area contributed by atoms with Gasteiger partial charge in [-0.05, 0) is 11.4 Å². The summed E-state index contributed by atoms with van der Waals surface area (Å²) in [6.45, 7) is 2.45. The van der Waals surface area contributed by atoms with Crippen LogP contribution in [0, 0.1) is 6.92 Å². The molecule has 4 rings (SSSR count). The van der Waals surface area contributed by atoms with Gasteiger partial charge < -0.3 is 9.73 Å². The van der Waals surface area contributed by atoms with Crippen LogP contribution in [0.4, 0.5) is 5.82 Å². The van der Waals surface area contributed by atoms with Gasteiger partial charge in [-0.2, -0.15) is 5.10 Å². The lowest BCUT2D eigenvalue weighted by Crippen LogP contribution is -2.25. The number of nitrogens with zero attached hydrogens (tertiary/aromatic N) is 3. The monoisotopic (exact) mass is 314 g/mol. The molecule has 4 heterocycles. The number of carbonyl (C=O) groups excluding carboxylic acids is 1. The highest BCUT2D eigenvalue weighted by atomic mass is 32.1. The van der Waals surface area contributed by atoms with Gasteiger partial charge in [0.05, 0.1) is 18.4 Å². The Morgan fingerprint density at radius 1 is 1.55 bits per heavy atom. The molecule has 0 fully saturated rings. The average molecular weight is 314 g/mol. The Morgan fingerprint density at radius 3 is 3.18 bits per heavy atom.